The van der Waals surface area contributed by atoms with Gasteiger partial charge in [0.05, 0.1) is 0 Å². The Morgan fingerprint density at radius 3 is 1.96 bits per heavy atom. The lowest BCUT2D eigenvalue weighted by Crippen LogP contribution is -1.80. The number of benzene rings is 1. The van der Waals surface area contributed by atoms with Gasteiger partial charge in [0, 0.05) is 0 Å². The SMILES string of the molecule is CCCCCCCCCCCC=CC=CC=CC=C[C]=Cc1ccccc1. The van der Waals surface area contributed by atoms with Crippen molar-refractivity contribution in [3.63, 3.8) is 0 Å². The van der Waals surface area contributed by atoms with E-state index in [0.717, 1.165) is 0 Å². The van der Waals surface area contributed by atoms with Crippen LogP contribution in [0.2, 0.25) is 0 Å². The Morgan fingerprint density at radius 2 is 1.26 bits per heavy atom. The summed E-state index contributed by atoms with van der Waals surface area (Å²) in [5, 5.41) is 0. The fourth-order valence-corrected chi connectivity index (χ4v) is 2.81. The molecular formula is C27H37. The molecule has 0 atom stereocenters. The van der Waals surface area contributed by atoms with Gasteiger partial charge in [-0.25, -0.2) is 0 Å². The monoisotopic (exact) mass is 361 g/mol. The van der Waals surface area contributed by atoms with Crippen LogP contribution in [0.15, 0.2) is 78.9 Å². The summed E-state index contributed by atoms with van der Waals surface area (Å²) in [5.41, 5.74) is 1.17. The molecule has 0 fully saturated rings. The van der Waals surface area contributed by atoms with Gasteiger partial charge in [-0.2, -0.15) is 0 Å². The predicted octanol–water partition coefficient (Wildman–Crippen LogP) is 8.65. The third-order valence-electron chi connectivity index (χ3n) is 4.41. The topological polar surface area (TPSA) is 0 Å². The lowest BCUT2D eigenvalue weighted by molar-refractivity contribution is 0.566. The van der Waals surface area contributed by atoms with E-state index >= 15 is 0 Å². The summed E-state index contributed by atoms with van der Waals surface area (Å²) in [5.74, 6) is 0. The average Bonchev–Trinajstić information content (AvgIpc) is 2.70. The van der Waals surface area contributed by atoms with Gasteiger partial charge >= 0.3 is 0 Å². The van der Waals surface area contributed by atoms with Crippen molar-refractivity contribution in [3.8, 4) is 0 Å². The van der Waals surface area contributed by atoms with Gasteiger partial charge < -0.3 is 0 Å². The van der Waals surface area contributed by atoms with Gasteiger partial charge in [0.25, 0.3) is 0 Å². The van der Waals surface area contributed by atoms with Crippen LogP contribution in [0.3, 0.4) is 0 Å². The molecule has 27 heavy (non-hydrogen) atoms. The molecule has 0 aromatic heterocycles. The molecule has 0 nitrogen and oxygen atoms in total. The highest BCUT2D eigenvalue weighted by molar-refractivity contribution is 5.48. The standard InChI is InChI=1S/C27H37/c1-2-3-4-5-6-7-8-9-10-11-12-13-14-15-16-17-18-19-21-24-27-25-22-20-23-26-27/h12-20,22-26H,2-11H2,1H3. The second-order valence-corrected chi connectivity index (χ2v) is 6.90. The Bertz CT molecular complexity index is 569. The Hall–Kier alpha value is -2.08. The summed E-state index contributed by atoms with van der Waals surface area (Å²) in [6.07, 6.45) is 35.5. The molecule has 145 valence electrons. The molecule has 0 N–H and O–H groups in total. The van der Waals surface area contributed by atoms with Gasteiger partial charge in [0.2, 0.25) is 0 Å². The maximum absolute atomic E-state index is 3.16. The van der Waals surface area contributed by atoms with Crippen LogP contribution < -0.4 is 0 Å². The fourth-order valence-electron chi connectivity index (χ4n) is 2.81. The van der Waals surface area contributed by atoms with Crippen LogP contribution in [0.1, 0.15) is 76.7 Å². The molecule has 1 rings (SSSR count). The van der Waals surface area contributed by atoms with E-state index in [1.165, 1.54) is 69.8 Å². The van der Waals surface area contributed by atoms with E-state index in [0.29, 0.717) is 0 Å². The molecule has 0 saturated heterocycles. The molecule has 0 aliphatic rings. The minimum Gasteiger partial charge on any atom is -0.0845 e. The van der Waals surface area contributed by atoms with E-state index in [-0.39, 0.29) is 0 Å². The molecule has 0 heterocycles. The third kappa shape index (κ3) is 15.9. The normalized spacial score (nSPS) is 12.6. The van der Waals surface area contributed by atoms with Crippen molar-refractivity contribution in [2.45, 2.75) is 71.1 Å². The van der Waals surface area contributed by atoms with Crippen LogP contribution in [-0.4, -0.2) is 0 Å². The summed E-state index contributed by atoms with van der Waals surface area (Å²) in [6.45, 7) is 2.28. The van der Waals surface area contributed by atoms with E-state index in [2.05, 4.69) is 49.4 Å². The molecule has 0 aliphatic carbocycles. The highest BCUT2D eigenvalue weighted by Gasteiger charge is 1.90. The van der Waals surface area contributed by atoms with E-state index in [4.69, 9.17) is 0 Å². The highest BCUT2D eigenvalue weighted by Crippen LogP contribution is 2.10. The molecule has 0 heteroatoms. The van der Waals surface area contributed by atoms with Gasteiger partial charge in [-0.1, -0.05) is 137 Å². The lowest BCUT2D eigenvalue weighted by Gasteiger charge is -2.00. The summed E-state index contributed by atoms with van der Waals surface area (Å²) in [6, 6.07) is 10.2. The third-order valence-corrected chi connectivity index (χ3v) is 4.41. The van der Waals surface area contributed by atoms with Crippen molar-refractivity contribution in [3.05, 3.63) is 90.6 Å². The fraction of sp³-hybridized carbons (Fsp3) is 0.407. The first-order valence-electron chi connectivity index (χ1n) is 10.7. The Labute approximate surface area is 168 Å². The van der Waals surface area contributed by atoms with Gasteiger partial charge in [-0.05, 0) is 30.6 Å². The minimum absolute atomic E-state index is 1.17. The average molecular weight is 362 g/mol. The largest absolute Gasteiger partial charge is 0.0845 e. The van der Waals surface area contributed by atoms with Gasteiger partial charge in [0.1, 0.15) is 0 Å². The maximum atomic E-state index is 3.16. The first kappa shape index (κ1) is 23.0. The molecule has 0 saturated carbocycles. The molecular weight excluding hydrogens is 324 g/mol. The van der Waals surface area contributed by atoms with Crippen molar-refractivity contribution in [2.24, 2.45) is 0 Å². The van der Waals surface area contributed by atoms with Crippen LogP contribution in [0.4, 0.5) is 0 Å². The summed E-state index contributed by atoms with van der Waals surface area (Å²) in [7, 11) is 0. The molecule has 0 spiro atoms. The summed E-state index contributed by atoms with van der Waals surface area (Å²) >= 11 is 0. The summed E-state index contributed by atoms with van der Waals surface area (Å²) < 4.78 is 0. The number of hydrogen-bond acceptors (Lipinski definition) is 0. The van der Waals surface area contributed by atoms with Crippen LogP contribution >= 0.6 is 0 Å². The molecule has 1 aromatic rings. The zero-order valence-electron chi connectivity index (χ0n) is 17.2. The smallest absolute Gasteiger partial charge is 0.0178 e. The predicted molar refractivity (Wildman–Crippen MR) is 123 cm³/mol. The minimum atomic E-state index is 1.17. The van der Waals surface area contributed by atoms with E-state index in [1.54, 1.807) is 0 Å². The highest BCUT2D eigenvalue weighted by atomic mass is 14.0. The molecule has 0 bridgehead atoms. The van der Waals surface area contributed by atoms with E-state index < -0.39 is 0 Å². The first-order chi connectivity index (χ1) is 13.4. The zero-order valence-corrected chi connectivity index (χ0v) is 17.2. The maximum Gasteiger partial charge on any atom is -0.0178 e. The number of allylic oxidation sites excluding steroid dienone is 9. The van der Waals surface area contributed by atoms with Crippen molar-refractivity contribution < 1.29 is 0 Å². The lowest BCUT2D eigenvalue weighted by atomic mass is 10.1. The van der Waals surface area contributed by atoms with E-state index in [9.17, 15) is 0 Å². The quantitative estimate of drug-likeness (QED) is 0.216. The second kappa shape index (κ2) is 18.7. The van der Waals surface area contributed by atoms with E-state index in [1.807, 2.05) is 48.6 Å². The molecule has 1 radical (unpaired) electrons. The van der Waals surface area contributed by atoms with Crippen molar-refractivity contribution in [2.75, 3.05) is 0 Å². The molecule has 0 amide bonds. The molecule has 1 aromatic carbocycles. The first-order valence-corrected chi connectivity index (χ1v) is 10.7. The summed E-state index contributed by atoms with van der Waals surface area (Å²) in [4.78, 5) is 0. The van der Waals surface area contributed by atoms with Gasteiger partial charge in [-0.3, -0.25) is 0 Å². The van der Waals surface area contributed by atoms with Crippen molar-refractivity contribution >= 4 is 6.08 Å². The van der Waals surface area contributed by atoms with Crippen LogP contribution in [0, 0.1) is 6.08 Å². The number of unbranched alkanes of at least 4 members (excludes halogenated alkanes) is 9. The van der Waals surface area contributed by atoms with Crippen molar-refractivity contribution in [1.29, 1.82) is 0 Å². The van der Waals surface area contributed by atoms with Crippen molar-refractivity contribution in [1.82, 2.24) is 0 Å². The molecule has 0 aliphatic heterocycles. The Morgan fingerprint density at radius 1 is 0.667 bits per heavy atom. The second-order valence-electron chi connectivity index (χ2n) is 6.90. The van der Waals surface area contributed by atoms with Crippen LogP contribution in [0.25, 0.3) is 6.08 Å². The number of hydrogen-bond donors (Lipinski definition) is 0. The van der Waals surface area contributed by atoms with Crippen LogP contribution in [0.5, 0.6) is 0 Å². The zero-order chi connectivity index (χ0) is 19.3. The van der Waals surface area contributed by atoms with Gasteiger partial charge in [0.15, 0.2) is 0 Å². The number of rotatable bonds is 15. The van der Waals surface area contributed by atoms with Crippen LogP contribution in [-0.2, 0) is 0 Å². The molecule has 0 unspecified atom stereocenters. The Kier molecular flexibility index (Phi) is 15.9. The Balaban J connectivity index is 1.96. The van der Waals surface area contributed by atoms with Gasteiger partial charge in [-0.15, -0.1) is 0 Å².